The Kier molecular flexibility index (Phi) is 7.35. The van der Waals surface area contributed by atoms with Gasteiger partial charge in [-0.3, -0.25) is 19.7 Å². The zero-order valence-electron chi connectivity index (χ0n) is 18.9. The Balaban J connectivity index is 1.51. The number of hydroxylamine groups is 1. The minimum atomic E-state index is -1.39. The smallest absolute Gasteiger partial charge is 0.408 e. The Bertz CT molecular complexity index is 1060. The predicted octanol–water partition coefficient (Wildman–Crippen LogP) is 1.80. The van der Waals surface area contributed by atoms with Gasteiger partial charge in [-0.2, -0.15) is 0 Å². The summed E-state index contributed by atoms with van der Waals surface area (Å²) < 4.78 is 19.3. The molecule has 2 aliphatic heterocycles. The van der Waals surface area contributed by atoms with Crippen molar-refractivity contribution in [2.24, 2.45) is 5.92 Å². The molecule has 11 heteroatoms. The van der Waals surface area contributed by atoms with Crippen LogP contribution in [0.5, 0.6) is 5.75 Å². The van der Waals surface area contributed by atoms with Gasteiger partial charge in [0, 0.05) is 44.4 Å². The Hall–Kier alpha value is -3.86. The topological polar surface area (TPSA) is 123 Å². The SMILES string of the molecule is O=C(NO)C1CC(Oc2cccc(F)c2)CN(C(=O)O)C1C(=O)N1CCN(c2ccccc2)CC1. The van der Waals surface area contributed by atoms with Gasteiger partial charge >= 0.3 is 6.09 Å². The number of carbonyl (C=O) groups is 3. The molecule has 4 rings (SSSR count). The highest BCUT2D eigenvalue weighted by Crippen LogP contribution is 2.30. The number of benzene rings is 2. The molecule has 0 aliphatic carbocycles. The summed E-state index contributed by atoms with van der Waals surface area (Å²) in [6, 6.07) is 13.8. The molecule has 3 atom stereocenters. The molecule has 0 aromatic heterocycles. The van der Waals surface area contributed by atoms with Gasteiger partial charge in [0.1, 0.15) is 23.7 Å². The zero-order chi connectivity index (χ0) is 24.9. The largest absolute Gasteiger partial charge is 0.488 e. The van der Waals surface area contributed by atoms with Crippen LogP contribution in [0.3, 0.4) is 0 Å². The second-order valence-electron chi connectivity index (χ2n) is 8.54. The zero-order valence-corrected chi connectivity index (χ0v) is 18.9. The van der Waals surface area contributed by atoms with E-state index < -0.39 is 41.8 Å². The van der Waals surface area contributed by atoms with Gasteiger partial charge in [0.25, 0.3) is 0 Å². The van der Waals surface area contributed by atoms with Crippen LogP contribution in [0.1, 0.15) is 6.42 Å². The molecule has 0 bridgehead atoms. The second-order valence-corrected chi connectivity index (χ2v) is 8.54. The van der Waals surface area contributed by atoms with Crippen molar-refractivity contribution in [3.05, 3.63) is 60.4 Å². The van der Waals surface area contributed by atoms with Crippen molar-refractivity contribution in [1.82, 2.24) is 15.3 Å². The van der Waals surface area contributed by atoms with Crippen LogP contribution >= 0.6 is 0 Å². The first-order valence-corrected chi connectivity index (χ1v) is 11.3. The van der Waals surface area contributed by atoms with E-state index in [1.54, 1.807) is 10.4 Å². The standard InChI is InChI=1S/C24H27FN4O6/c25-16-5-4-8-18(13-16)35-19-14-20(22(30)26-34)21(29(15-19)24(32)33)23(31)28-11-9-27(10-12-28)17-6-2-1-3-7-17/h1-8,13,19-21,34H,9-12,14-15H2,(H,26,30)(H,32,33). The van der Waals surface area contributed by atoms with Crippen molar-refractivity contribution in [3.8, 4) is 5.75 Å². The highest BCUT2D eigenvalue weighted by molar-refractivity contribution is 5.92. The van der Waals surface area contributed by atoms with Crippen molar-refractivity contribution in [3.63, 3.8) is 0 Å². The number of ether oxygens (including phenoxy) is 1. The quantitative estimate of drug-likeness (QED) is 0.435. The number of halogens is 1. The van der Waals surface area contributed by atoms with E-state index in [1.165, 1.54) is 18.2 Å². The fraction of sp³-hybridized carbons (Fsp3) is 0.375. The average molecular weight is 487 g/mol. The summed E-state index contributed by atoms with van der Waals surface area (Å²) in [6.07, 6.45) is -2.25. The number of carboxylic acid groups (broad SMARTS) is 1. The number of hydrogen-bond acceptors (Lipinski definition) is 6. The maximum atomic E-state index is 13.6. The van der Waals surface area contributed by atoms with E-state index in [1.807, 2.05) is 30.3 Å². The number of likely N-dealkylation sites (tertiary alicyclic amines) is 1. The maximum absolute atomic E-state index is 13.6. The first kappa shape index (κ1) is 24.3. The van der Waals surface area contributed by atoms with E-state index in [-0.39, 0.29) is 18.7 Å². The van der Waals surface area contributed by atoms with Crippen LogP contribution in [-0.4, -0.2) is 82.9 Å². The van der Waals surface area contributed by atoms with E-state index in [0.717, 1.165) is 16.7 Å². The highest BCUT2D eigenvalue weighted by atomic mass is 19.1. The summed E-state index contributed by atoms with van der Waals surface area (Å²) in [6.45, 7) is 1.62. The summed E-state index contributed by atoms with van der Waals surface area (Å²) in [7, 11) is 0. The first-order valence-electron chi connectivity index (χ1n) is 11.3. The first-order chi connectivity index (χ1) is 16.9. The number of rotatable bonds is 5. The van der Waals surface area contributed by atoms with Crippen molar-refractivity contribution < 1.29 is 33.8 Å². The van der Waals surface area contributed by atoms with Crippen LogP contribution in [0.2, 0.25) is 0 Å². The number of carbonyl (C=O) groups excluding carboxylic acids is 2. The lowest BCUT2D eigenvalue weighted by Crippen LogP contribution is -2.64. The third-order valence-corrected chi connectivity index (χ3v) is 6.39. The fourth-order valence-electron chi connectivity index (χ4n) is 4.70. The molecule has 35 heavy (non-hydrogen) atoms. The van der Waals surface area contributed by atoms with Crippen LogP contribution in [0, 0.1) is 11.7 Å². The van der Waals surface area contributed by atoms with Crippen molar-refractivity contribution in [2.45, 2.75) is 18.6 Å². The van der Waals surface area contributed by atoms with Gasteiger partial charge in [0.2, 0.25) is 11.8 Å². The lowest BCUT2D eigenvalue weighted by molar-refractivity contribution is -0.150. The molecule has 10 nitrogen and oxygen atoms in total. The van der Waals surface area contributed by atoms with Gasteiger partial charge in [-0.05, 0) is 24.3 Å². The van der Waals surface area contributed by atoms with Gasteiger partial charge in [-0.1, -0.05) is 24.3 Å². The van der Waals surface area contributed by atoms with Crippen LogP contribution in [0.15, 0.2) is 54.6 Å². The molecule has 0 radical (unpaired) electrons. The van der Waals surface area contributed by atoms with Gasteiger partial charge in [-0.25, -0.2) is 14.7 Å². The number of anilines is 1. The molecule has 2 heterocycles. The molecule has 2 aromatic rings. The van der Waals surface area contributed by atoms with Crippen molar-refractivity contribution in [1.29, 1.82) is 0 Å². The molecular formula is C24H27FN4O6. The molecule has 3 unspecified atom stereocenters. The lowest BCUT2D eigenvalue weighted by atomic mass is 9.86. The van der Waals surface area contributed by atoms with Crippen LogP contribution < -0.4 is 15.1 Å². The third-order valence-electron chi connectivity index (χ3n) is 6.39. The Labute approximate surface area is 201 Å². The minimum absolute atomic E-state index is 0.0346. The monoisotopic (exact) mass is 486 g/mol. The predicted molar refractivity (Wildman–Crippen MR) is 123 cm³/mol. The summed E-state index contributed by atoms with van der Waals surface area (Å²) >= 11 is 0. The second kappa shape index (κ2) is 10.6. The molecule has 3 amide bonds. The summed E-state index contributed by atoms with van der Waals surface area (Å²) in [5.74, 6) is -2.93. The number of piperidine rings is 1. The van der Waals surface area contributed by atoms with Gasteiger partial charge in [0.05, 0.1) is 12.5 Å². The number of amides is 3. The molecule has 186 valence electrons. The van der Waals surface area contributed by atoms with E-state index in [4.69, 9.17) is 4.74 Å². The molecule has 3 N–H and O–H groups in total. The number of nitrogens with zero attached hydrogens (tertiary/aromatic N) is 3. The Morgan fingerprint density at radius 2 is 1.71 bits per heavy atom. The van der Waals surface area contributed by atoms with Gasteiger partial charge in [-0.15, -0.1) is 0 Å². The van der Waals surface area contributed by atoms with E-state index in [0.29, 0.717) is 26.2 Å². The average Bonchev–Trinajstić information content (AvgIpc) is 2.88. The van der Waals surface area contributed by atoms with Crippen LogP contribution in [-0.2, 0) is 9.59 Å². The molecule has 0 saturated carbocycles. The van der Waals surface area contributed by atoms with Crippen molar-refractivity contribution >= 4 is 23.6 Å². The third kappa shape index (κ3) is 5.46. The number of para-hydroxylation sites is 1. The summed E-state index contributed by atoms with van der Waals surface area (Å²) in [5.41, 5.74) is 2.58. The minimum Gasteiger partial charge on any atom is -0.488 e. The van der Waals surface area contributed by atoms with Gasteiger partial charge < -0.3 is 19.6 Å². The molecule has 2 aliphatic rings. The Morgan fingerprint density at radius 1 is 1.00 bits per heavy atom. The van der Waals surface area contributed by atoms with E-state index in [2.05, 4.69) is 4.90 Å². The lowest BCUT2D eigenvalue weighted by Gasteiger charge is -2.44. The molecule has 2 fully saturated rings. The number of piperazine rings is 1. The fourth-order valence-corrected chi connectivity index (χ4v) is 4.70. The normalized spacial score (nSPS) is 22.5. The highest BCUT2D eigenvalue weighted by Gasteiger charge is 2.48. The van der Waals surface area contributed by atoms with Crippen LogP contribution in [0.25, 0.3) is 0 Å². The Morgan fingerprint density at radius 3 is 2.34 bits per heavy atom. The summed E-state index contributed by atoms with van der Waals surface area (Å²) in [4.78, 5) is 42.7. The number of hydrogen-bond donors (Lipinski definition) is 3. The molecule has 2 aromatic carbocycles. The van der Waals surface area contributed by atoms with Crippen LogP contribution in [0.4, 0.5) is 14.9 Å². The van der Waals surface area contributed by atoms with E-state index in [9.17, 15) is 29.1 Å². The number of nitrogens with one attached hydrogen (secondary N) is 1. The molecule has 2 saturated heterocycles. The van der Waals surface area contributed by atoms with Gasteiger partial charge in [0.15, 0.2) is 0 Å². The summed E-state index contributed by atoms with van der Waals surface area (Å²) in [5, 5.41) is 19.2. The molecular weight excluding hydrogens is 459 g/mol. The maximum Gasteiger partial charge on any atom is 0.408 e. The van der Waals surface area contributed by atoms with Crippen molar-refractivity contribution in [2.75, 3.05) is 37.6 Å². The van der Waals surface area contributed by atoms with E-state index >= 15 is 0 Å². The molecule has 0 spiro atoms.